The highest BCUT2D eigenvalue weighted by Gasteiger charge is 2.52. The number of benzene rings is 4. The second-order valence-electron chi connectivity index (χ2n) is 12.0. The number of hydrogen-bond acceptors (Lipinski definition) is 5. The molecule has 4 aromatic rings. The van der Waals surface area contributed by atoms with E-state index < -0.39 is 32.7 Å². The van der Waals surface area contributed by atoms with Crippen LogP contribution in [0.2, 0.25) is 5.04 Å². The van der Waals surface area contributed by atoms with Crippen molar-refractivity contribution in [3.63, 3.8) is 0 Å². The van der Waals surface area contributed by atoms with Crippen molar-refractivity contribution in [2.45, 2.75) is 63.4 Å². The van der Waals surface area contributed by atoms with E-state index in [1.807, 2.05) is 72.8 Å². The molecule has 1 fully saturated rings. The van der Waals surface area contributed by atoms with Crippen LogP contribution in [0, 0.1) is 6.61 Å². The average molecular weight is 607 g/mol. The molecule has 1 aliphatic heterocycles. The number of ether oxygens (including phenoxy) is 3. The van der Waals surface area contributed by atoms with Crippen LogP contribution in [0.25, 0.3) is 10.4 Å². The molecular weight excluding hydrogens is 566 g/mol. The van der Waals surface area contributed by atoms with Crippen molar-refractivity contribution in [2.24, 2.45) is 5.11 Å². The van der Waals surface area contributed by atoms with Crippen LogP contribution >= 0.6 is 0 Å². The zero-order chi connectivity index (χ0) is 30.8. The largest absolute Gasteiger partial charge is 0.405 e. The molecular formula is C36H40N3O4Si. The number of hydrogen-bond donors (Lipinski definition) is 0. The van der Waals surface area contributed by atoms with Crippen molar-refractivity contribution in [3.05, 3.63) is 150 Å². The molecule has 0 saturated carbocycles. The van der Waals surface area contributed by atoms with Crippen LogP contribution in [0.1, 0.15) is 31.9 Å². The first-order valence-corrected chi connectivity index (χ1v) is 16.9. The van der Waals surface area contributed by atoms with Gasteiger partial charge in [0, 0.05) is 4.91 Å². The third kappa shape index (κ3) is 7.30. The molecule has 0 unspecified atom stereocenters. The van der Waals surface area contributed by atoms with Crippen LogP contribution in [0.5, 0.6) is 0 Å². The molecule has 44 heavy (non-hydrogen) atoms. The lowest BCUT2D eigenvalue weighted by molar-refractivity contribution is -0.180. The van der Waals surface area contributed by atoms with Crippen molar-refractivity contribution >= 4 is 18.7 Å². The highest BCUT2D eigenvalue weighted by molar-refractivity contribution is 6.99. The molecule has 1 radical (unpaired) electrons. The summed E-state index contributed by atoms with van der Waals surface area (Å²) in [6.45, 7) is 9.28. The second kappa shape index (κ2) is 14.8. The van der Waals surface area contributed by atoms with Gasteiger partial charge in [-0.1, -0.05) is 147 Å². The number of rotatable bonds is 12. The Bertz CT molecular complexity index is 1440. The fourth-order valence-electron chi connectivity index (χ4n) is 5.93. The standard InChI is InChI=1S/C36H40N3O4Si/c1-36(2,3)44(30-20-12-6-13-21-30,31-22-14-7-15-23-31)43-27-33-35(42-25-29-18-10-5-11-19-29)34(32(26-40-33)38-39-37)41-24-28-16-8-4-9-17-28/h4-23,26,32-35H,24-25,27H2,1-3H3/t32-,33+,34+,35+/m0/s1. The van der Waals surface area contributed by atoms with Crippen LogP contribution < -0.4 is 10.4 Å². The van der Waals surface area contributed by atoms with Gasteiger partial charge in [0.2, 0.25) is 0 Å². The topological polar surface area (TPSA) is 85.7 Å². The van der Waals surface area contributed by atoms with Crippen molar-refractivity contribution in [3.8, 4) is 0 Å². The van der Waals surface area contributed by atoms with E-state index in [2.05, 4.69) is 79.3 Å². The SMILES string of the molecule is CC(C)(C)[Si](OC[C@H]1O[CH][C@H](N=[N+]=[N-])[C@@H](OCc2ccccc2)[C@@H]1OCc1ccccc1)(c1ccccc1)c1ccccc1. The van der Waals surface area contributed by atoms with Gasteiger partial charge in [-0.05, 0) is 32.1 Å². The van der Waals surface area contributed by atoms with Crippen LogP contribution in [0.15, 0.2) is 126 Å². The van der Waals surface area contributed by atoms with E-state index in [-0.39, 0.29) is 11.6 Å². The second-order valence-corrected chi connectivity index (χ2v) is 16.3. The minimum Gasteiger partial charge on any atom is -0.405 e. The minimum atomic E-state index is -2.85. The summed E-state index contributed by atoms with van der Waals surface area (Å²) in [5, 5.41) is 6.19. The van der Waals surface area contributed by atoms with E-state index in [4.69, 9.17) is 18.6 Å². The lowest BCUT2D eigenvalue weighted by Gasteiger charge is -2.46. The summed E-state index contributed by atoms with van der Waals surface area (Å²) in [7, 11) is -2.85. The molecule has 1 saturated heterocycles. The molecule has 0 bridgehead atoms. The van der Waals surface area contributed by atoms with Gasteiger partial charge in [-0.3, -0.25) is 0 Å². The quantitative estimate of drug-likeness (QED) is 0.0754. The first-order chi connectivity index (χ1) is 21.4. The molecule has 8 heteroatoms. The zero-order valence-electron chi connectivity index (χ0n) is 25.5. The molecule has 4 atom stereocenters. The zero-order valence-corrected chi connectivity index (χ0v) is 26.5. The summed E-state index contributed by atoms with van der Waals surface area (Å²) in [5.41, 5.74) is 11.4. The van der Waals surface area contributed by atoms with Crippen molar-refractivity contribution in [2.75, 3.05) is 6.61 Å². The fraction of sp³-hybridized carbons (Fsp3) is 0.306. The Morgan fingerprint density at radius 2 is 1.16 bits per heavy atom. The smallest absolute Gasteiger partial charge is 0.261 e. The Morgan fingerprint density at radius 3 is 1.61 bits per heavy atom. The van der Waals surface area contributed by atoms with Crippen molar-refractivity contribution < 1.29 is 18.6 Å². The number of nitrogens with zero attached hydrogens (tertiary/aromatic N) is 3. The summed E-state index contributed by atoms with van der Waals surface area (Å²) in [4.78, 5) is 3.09. The van der Waals surface area contributed by atoms with Gasteiger partial charge < -0.3 is 18.6 Å². The molecule has 4 aromatic carbocycles. The maximum absolute atomic E-state index is 9.40. The fourth-order valence-corrected chi connectivity index (χ4v) is 10.5. The molecule has 5 rings (SSSR count). The van der Waals surface area contributed by atoms with Crippen molar-refractivity contribution in [1.29, 1.82) is 0 Å². The molecule has 0 spiro atoms. The van der Waals surface area contributed by atoms with Gasteiger partial charge in [-0.25, -0.2) is 0 Å². The maximum Gasteiger partial charge on any atom is 0.261 e. The lowest BCUT2D eigenvalue weighted by Crippen LogP contribution is -2.67. The predicted molar refractivity (Wildman–Crippen MR) is 176 cm³/mol. The lowest BCUT2D eigenvalue weighted by atomic mass is 9.98. The Morgan fingerprint density at radius 1 is 0.705 bits per heavy atom. The van der Waals surface area contributed by atoms with Crippen LogP contribution in [-0.2, 0) is 31.9 Å². The van der Waals surface area contributed by atoms with Gasteiger partial charge in [0.15, 0.2) is 0 Å². The maximum atomic E-state index is 9.40. The van der Waals surface area contributed by atoms with Gasteiger partial charge >= 0.3 is 0 Å². The van der Waals surface area contributed by atoms with Gasteiger partial charge in [-0.15, -0.1) is 0 Å². The first kappa shape index (κ1) is 31.7. The summed E-state index contributed by atoms with van der Waals surface area (Å²) >= 11 is 0. The first-order valence-electron chi connectivity index (χ1n) is 15.0. The molecule has 0 aromatic heterocycles. The highest BCUT2D eigenvalue weighted by atomic mass is 28.4. The molecule has 0 amide bonds. The van der Waals surface area contributed by atoms with Gasteiger partial charge in [-0.2, -0.15) is 0 Å². The third-order valence-electron chi connectivity index (χ3n) is 8.06. The van der Waals surface area contributed by atoms with Gasteiger partial charge in [0.05, 0.1) is 38.6 Å². The Labute approximate surface area is 261 Å². The Kier molecular flexibility index (Phi) is 10.7. The Balaban J connectivity index is 1.49. The normalized spacial score (nSPS) is 20.5. The van der Waals surface area contributed by atoms with Crippen LogP contribution in [0.3, 0.4) is 0 Å². The van der Waals surface area contributed by atoms with Crippen LogP contribution in [-0.4, -0.2) is 39.3 Å². The third-order valence-corrected chi connectivity index (χ3v) is 13.1. The van der Waals surface area contributed by atoms with E-state index in [0.29, 0.717) is 13.2 Å². The van der Waals surface area contributed by atoms with Gasteiger partial charge in [0.25, 0.3) is 8.32 Å². The molecule has 227 valence electrons. The van der Waals surface area contributed by atoms with Crippen molar-refractivity contribution in [1.82, 2.24) is 0 Å². The molecule has 7 nitrogen and oxygen atoms in total. The number of azide groups is 1. The molecule has 1 heterocycles. The van der Waals surface area contributed by atoms with Gasteiger partial charge in [0.1, 0.15) is 12.2 Å². The van der Waals surface area contributed by atoms with E-state index in [1.165, 1.54) is 10.4 Å². The molecule has 1 aliphatic rings. The molecule has 0 aliphatic carbocycles. The molecule has 0 N–H and O–H groups in total. The Hall–Kier alpha value is -3.75. The average Bonchev–Trinajstić information content (AvgIpc) is 3.05. The van der Waals surface area contributed by atoms with E-state index in [0.717, 1.165) is 11.1 Å². The van der Waals surface area contributed by atoms with E-state index >= 15 is 0 Å². The monoisotopic (exact) mass is 606 g/mol. The minimum absolute atomic E-state index is 0.203. The van der Waals surface area contributed by atoms with E-state index in [1.54, 1.807) is 6.61 Å². The highest BCUT2D eigenvalue weighted by Crippen LogP contribution is 2.38. The summed E-state index contributed by atoms with van der Waals surface area (Å²) in [6, 6.07) is 40.3. The van der Waals surface area contributed by atoms with Crippen LogP contribution in [0.4, 0.5) is 0 Å². The summed E-state index contributed by atoms with van der Waals surface area (Å²) in [6.07, 6.45) is -1.67. The summed E-state index contributed by atoms with van der Waals surface area (Å²) < 4.78 is 26.7. The summed E-state index contributed by atoms with van der Waals surface area (Å²) in [5.74, 6) is 0. The predicted octanol–water partition coefficient (Wildman–Crippen LogP) is 6.97. The van der Waals surface area contributed by atoms with E-state index in [9.17, 15) is 5.53 Å².